The number of amides is 1. The fraction of sp³-hybridized carbons (Fsp3) is 0.0625. The van der Waals surface area contributed by atoms with E-state index in [1.54, 1.807) is 18.5 Å². The zero-order chi connectivity index (χ0) is 15.5. The fourth-order valence-corrected chi connectivity index (χ4v) is 2.14. The third kappa shape index (κ3) is 2.71. The third-order valence-corrected chi connectivity index (χ3v) is 3.26. The molecule has 0 fully saturated rings. The Bertz CT molecular complexity index is 891. The summed E-state index contributed by atoms with van der Waals surface area (Å²) in [6, 6.07) is 7.40. The Morgan fingerprint density at radius 3 is 2.95 bits per heavy atom. The van der Waals surface area contributed by atoms with Crippen molar-refractivity contribution in [1.82, 2.24) is 15.3 Å². The van der Waals surface area contributed by atoms with Crippen molar-refractivity contribution in [3.8, 4) is 0 Å². The molecule has 2 aromatic heterocycles. The van der Waals surface area contributed by atoms with E-state index in [2.05, 4.69) is 15.3 Å². The van der Waals surface area contributed by atoms with Crippen molar-refractivity contribution in [2.75, 3.05) is 0 Å². The molecule has 3 rings (SSSR count). The van der Waals surface area contributed by atoms with E-state index in [9.17, 15) is 14.0 Å². The summed E-state index contributed by atoms with van der Waals surface area (Å²) in [6.45, 7) is 0.257. The van der Waals surface area contributed by atoms with Crippen LogP contribution in [0.3, 0.4) is 0 Å². The van der Waals surface area contributed by atoms with Crippen LogP contribution in [0.25, 0.3) is 10.9 Å². The van der Waals surface area contributed by atoms with Gasteiger partial charge in [-0.1, -0.05) is 6.07 Å². The molecule has 0 atom stereocenters. The van der Waals surface area contributed by atoms with Gasteiger partial charge in [-0.25, -0.2) is 4.39 Å². The molecule has 0 spiro atoms. The summed E-state index contributed by atoms with van der Waals surface area (Å²) in [5.41, 5.74) is 0.744. The first-order valence-corrected chi connectivity index (χ1v) is 6.63. The SMILES string of the molecule is O=C(NCc1cccnc1)c1c[nH]c2ccc(F)cc2c1=O. The van der Waals surface area contributed by atoms with Crippen LogP contribution in [0.2, 0.25) is 0 Å². The number of carbonyl (C=O) groups is 1. The van der Waals surface area contributed by atoms with Gasteiger partial charge in [-0.15, -0.1) is 0 Å². The van der Waals surface area contributed by atoms with Crippen LogP contribution in [-0.2, 0) is 6.54 Å². The molecule has 0 saturated carbocycles. The predicted molar refractivity (Wildman–Crippen MR) is 79.9 cm³/mol. The molecule has 0 bridgehead atoms. The molecule has 0 aliphatic rings. The lowest BCUT2D eigenvalue weighted by Crippen LogP contribution is -2.28. The van der Waals surface area contributed by atoms with Gasteiger partial charge in [-0.2, -0.15) is 0 Å². The van der Waals surface area contributed by atoms with Crippen molar-refractivity contribution in [2.24, 2.45) is 0 Å². The number of aromatic amines is 1. The molecule has 2 heterocycles. The van der Waals surface area contributed by atoms with Crippen LogP contribution in [-0.4, -0.2) is 15.9 Å². The Kier molecular flexibility index (Phi) is 3.65. The average Bonchev–Trinajstić information content (AvgIpc) is 2.54. The van der Waals surface area contributed by atoms with E-state index < -0.39 is 17.2 Å². The number of hydrogen-bond acceptors (Lipinski definition) is 3. The molecule has 0 radical (unpaired) electrons. The summed E-state index contributed by atoms with van der Waals surface area (Å²) < 4.78 is 13.3. The number of aromatic nitrogens is 2. The van der Waals surface area contributed by atoms with Gasteiger partial charge in [0.05, 0.1) is 0 Å². The van der Waals surface area contributed by atoms with Gasteiger partial charge in [0, 0.05) is 36.0 Å². The van der Waals surface area contributed by atoms with Crippen molar-refractivity contribution in [3.05, 3.63) is 76.1 Å². The highest BCUT2D eigenvalue weighted by Crippen LogP contribution is 2.10. The summed E-state index contributed by atoms with van der Waals surface area (Å²) in [7, 11) is 0. The molecule has 3 aromatic rings. The normalized spacial score (nSPS) is 10.6. The van der Waals surface area contributed by atoms with E-state index in [1.165, 1.54) is 18.3 Å². The van der Waals surface area contributed by atoms with Crippen LogP contribution in [0, 0.1) is 5.82 Å². The molecular weight excluding hydrogens is 285 g/mol. The molecule has 1 amide bonds. The van der Waals surface area contributed by atoms with Crippen molar-refractivity contribution >= 4 is 16.8 Å². The van der Waals surface area contributed by atoms with Crippen LogP contribution in [0.15, 0.2) is 53.7 Å². The number of rotatable bonds is 3. The second kappa shape index (κ2) is 5.77. The number of pyridine rings is 2. The smallest absolute Gasteiger partial charge is 0.257 e. The molecule has 0 saturated heterocycles. The molecule has 110 valence electrons. The minimum Gasteiger partial charge on any atom is -0.360 e. The van der Waals surface area contributed by atoms with E-state index in [1.807, 2.05) is 6.07 Å². The van der Waals surface area contributed by atoms with Crippen molar-refractivity contribution in [1.29, 1.82) is 0 Å². The summed E-state index contributed by atoms with van der Waals surface area (Å²) in [5, 5.41) is 2.79. The van der Waals surface area contributed by atoms with Gasteiger partial charge in [-0.3, -0.25) is 14.6 Å². The van der Waals surface area contributed by atoms with Gasteiger partial charge in [0.15, 0.2) is 0 Å². The Balaban J connectivity index is 1.88. The Morgan fingerprint density at radius 1 is 1.32 bits per heavy atom. The molecule has 5 nitrogen and oxygen atoms in total. The van der Waals surface area contributed by atoms with Crippen molar-refractivity contribution in [3.63, 3.8) is 0 Å². The Morgan fingerprint density at radius 2 is 2.18 bits per heavy atom. The first kappa shape index (κ1) is 13.9. The van der Waals surface area contributed by atoms with E-state index >= 15 is 0 Å². The highest BCUT2D eigenvalue weighted by molar-refractivity contribution is 5.97. The van der Waals surface area contributed by atoms with E-state index in [-0.39, 0.29) is 17.5 Å². The van der Waals surface area contributed by atoms with Gasteiger partial charge < -0.3 is 10.3 Å². The second-order valence-corrected chi connectivity index (χ2v) is 4.77. The summed E-state index contributed by atoms with van der Waals surface area (Å²) >= 11 is 0. The molecule has 0 aliphatic heterocycles. The number of benzene rings is 1. The van der Waals surface area contributed by atoms with Crippen LogP contribution in [0.5, 0.6) is 0 Å². The lowest BCUT2D eigenvalue weighted by Gasteiger charge is -2.06. The van der Waals surface area contributed by atoms with E-state index in [0.717, 1.165) is 11.6 Å². The average molecular weight is 297 g/mol. The lowest BCUT2D eigenvalue weighted by molar-refractivity contribution is 0.0949. The van der Waals surface area contributed by atoms with Gasteiger partial charge in [0.25, 0.3) is 5.91 Å². The molecular formula is C16H12FN3O2. The number of nitrogens with one attached hydrogen (secondary N) is 2. The quantitative estimate of drug-likeness (QED) is 0.776. The van der Waals surface area contributed by atoms with Crippen molar-refractivity contribution in [2.45, 2.75) is 6.54 Å². The van der Waals surface area contributed by atoms with Gasteiger partial charge >= 0.3 is 0 Å². The molecule has 0 unspecified atom stereocenters. The maximum absolute atomic E-state index is 13.3. The molecule has 1 aromatic carbocycles. The second-order valence-electron chi connectivity index (χ2n) is 4.77. The van der Waals surface area contributed by atoms with Gasteiger partial charge in [0.2, 0.25) is 5.43 Å². The minimum atomic E-state index is -0.522. The molecule has 6 heteroatoms. The standard InChI is InChI=1S/C16H12FN3O2/c17-11-3-4-14-12(6-11)15(21)13(9-19-14)16(22)20-8-10-2-1-5-18-7-10/h1-7,9H,8H2,(H,19,21)(H,20,22). The van der Waals surface area contributed by atoms with Gasteiger partial charge in [0.1, 0.15) is 11.4 Å². The Hall–Kier alpha value is -3.02. The summed E-state index contributed by atoms with van der Waals surface area (Å²) in [5.74, 6) is -1.04. The van der Waals surface area contributed by atoms with Crippen LogP contribution < -0.4 is 10.7 Å². The number of hydrogen-bond donors (Lipinski definition) is 2. The zero-order valence-corrected chi connectivity index (χ0v) is 11.5. The topological polar surface area (TPSA) is 74.8 Å². The molecule has 22 heavy (non-hydrogen) atoms. The van der Waals surface area contributed by atoms with Crippen LogP contribution in [0.1, 0.15) is 15.9 Å². The highest BCUT2D eigenvalue weighted by atomic mass is 19.1. The highest BCUT2D eigenvalue weighted by Gasteiger charge is 2.13. The summed E-state index contributed by atoms with van der Waals surface area (Å²) in [4.78, 5) is 31.2. The summed E-state index contributed by atoms with van der Waals surface area (Å²) in [6.07, 6.45) is 4.59. The van der Waals surface area contributed by atoms with E-state index in [4.69, 9.17) is 0 Å². The lowest BCUT2D eigenvalue weighted by atomic mass is 10.1. The number of halogens is 1. The molecule has 0 aliphatic carbocycles. The first-order chi connectivity index (χ1) is 10.6. The minimum absolute atomic E-state index is 0.0537. The first-order valence-electron chi connectivity index (χ1n) is 6.63. The van der Waals surface area contributed by atoms with Crippen LogP contribution in [0.4, 0.5) is 4.39 Å². The maximum Gasteiger partial charge on any atom is 0.257 e. The Labute approximate surface area is 124 Å². The van der Waals surface area contributed by atoms with Gasteiger partial charge in [-0.05, 0) is 29.8 Å². The number of H-pyrrole nitrogens is 1. The largest absolute Gasteiger partial charge is 0.360 e. The predicted octanol–water partition coefficient (Wildman–Crippen LogP) is 1.99. The zero-order valence-electron chi connectivity index (χ0n) is 11.5. The number of fused-ring (bicyclic) bond motifs is 1. The molecule has 2 N–H and O–H groups in total. The number of nitrogens with zero attached hydrogens (tertiary/aromatic N) is 1. The van der Waals surface area contributed by atoms with Crippen LogP contribution >= 0.6 is 0 Å². The fourth-order valence-electron chi connectivity index (χ4n) is 2.14. The maximum atomic E-state index is 13.3. The van der Waals surface area contributed by atoms with E-state index in [0.29, 0.717) is 5.52 Å². The third-order valence-electron chi connectivity index (χ3n) is 3.26. The van der Waals surface area contributed by atoms with Crippen molar-refractivity contribution < 1.29 is 9.18 Å². The monoisotopic (exact) mass is 297 g/mol. The number of carbonyl (C=O) groups excluding carboxylic acids is 1.